The number of aryl methyl sites for hydroxylation is 2. The number of benzene rings is 1. The third-order valence-electron chi connectivity index (χ3n) is 2.24. The van der Waals surface area contributed by atoms with Gasteiger partial charge < -0.3 is 5.73 Å². The SMILES string of the molecule is C=C/C(N)=C(\C=C)Sc1ccc(C)cc1C. The van der Waals surface area contributed by atoms with Crippen molar-refractivity contribution in [3.63, 3.8) is 0 Å². The summed E-state index contributed by atoms with van der Waals surface area (Å²) < 4.78 is 0. The zero-order valence-corrected chi connectivity index (χ0v) is 10.6. The largest absolute Gasteiger partial charge is 0.398 e. The molecular formula is C14H17NS. The number of allylic oxidation sites excluding steroid dienone is 2. The lowest BCUT2D eigenvalue weighted by molar-refractivity contribution is 1.26. The summed E-state index contributed by atoms with van der Waals surface area (Å²) in [6, 6.07) is 6.36. The van der Waals surface area contributed by atoms with Gasteiger partial charge in [-0.1, -0.05) is 48.7 Å². The molecule has 0 bridgehead atoms. The first-order valence-electron chi connectivity index (χ1n) is 5.08. The van der Waals surface area contributed by atoms with Crippen molar-refractivity contribution in [2.24, 2.45) is 5.73 Å². The molecular weight excluding hydrogens is 214 g/mol. The molecule has 0 heterocycles. The second-order valence-electron chi connectivity index (χ2n) is 3.60. The van der Waals surface area contributed by atoms with Crippen LogP contribution in [0, 0.1) is 13.8 Å². The molecule has 0 atom stereocenters. The molecule has 2 N–H and O–H groups in total. The van der Waals surface area contributed by atoms with Gasteiger partial charge >= 0.3 is 0 Å². The third-order valence-corrected chi connectivity index (χ3v) is 3.54. The van der Waals surface area contributed by atoms with Crippen molar-refractivity contribution in [2.75, 3.05) is 0 Å². The molecule has 1 rings (SSSR count). The fourth-order valence-electron chi connectivity index (χ4n) is 1.35. The van der Waals surface area contributed by atoms with Gasteiger partial charge in [0.05, 0.1) is 0 Å². The molecule has 0 fully saturated rings. The molecule has 84 valence electrons. The molecule has 0 amide bonds. The van der Waals surface area contributed by atoms with Crippen LogP contribution >= 0.6 is 11.8 Å². The Morgan fingerprint density at radius 1 is 1.25 bits per heavy atom. The quantitative estimate of drug-likeness (QED) is 0.627. The molecule has 0 unspecified atom stereocenters. The highest BCUT2D eigenvalue weighted by Crippen LogP contribution is 2.31. The molecule has 0 aliphatic rings. The van der Waals surface area contributed by atoms with Gasteiger partial charge in [-0.3, -0.25) is 0 Å². The Kier molecular flexibility index (Phi) is 4.44. The lowest BCUT2D eigenvalue weighted by Gasteiger charge is -2.08. The van der Waals surface area contributed by atoms with Crippen LogP contribution in [0.5, 0.6) is 0 Å². The van der Waals surface area contributed by atoms with E-state index in [0.29, 0.717) is 5.70 Å². The first kappa shape index (κ1) is 12.7. The minimum Gasteiger partial charge on any atom is -0.398 e. The summed E-state index contributed by atoms with van der Waals surface area (Å²) in [7, 11) is 0. The van der Waals surface area contributed by atoms with Crippen molar-refractivity contribution in [1.82, 2.24) is 0 Å². The monoisotopic (exact) mass is 231 g/mol. The second-order valence-corrected chi connectivity index (χ2v) is 4.68. The Morgan fingerprint density at radius 3 is 2.44 bits per heavy atom. The lowest BCUT2D eigenvalue weighted by atomic mass is 10.2. The van der Waals surface area contributed by atoms with Gasteiger partial charge in [0, 0.05) is 15.5 Å². The Hall–Kier alpha value is -1.41. The van der Waals surface area contributed by atoms with Crippen molar-refractivity contribution in [3.8, 4) is 0 Å². The van der Waals surface area contributed by atoms with Crippen molar-refractivity contribution in [3.05, 3.63) is 65.2 Å². The molecule has 16 heavy (non-hydrogen) atoms. The maximum Gasteiger partial charge on any atom is 0.0449 e. The number of nitrogens with two attached hydrogens (primary N) is 1. The Labute approximate surface area is 102 Å². The summed E-state index contributed by atoms with van der Waals surface area (Å²) in [6.45, 7) is 11.6. The van der Waals surface area contributed by atoms with E-state index in [-0.39, 0.29) is 0 Å². The average molecular weight is 231 g/mol. The maximum absolute atomic E-state index is 5.83. The zero-order chi connectivity index (χ0) is 12.1. The topological polar surface area (TPSA) is 26.0 Å². The summed E-state index contributed by atoms with van der Waals surface area (Å²) in [5.74, 6) is 0. The Bertz CT molecular complexity index is 444. The molecule has 0 aromatic heterocycles. The normalized spacial score (nSPS) is 11.9. The number of rotatable bonds is 4. The summed E-state index contributed by atoms with van der Waals surface area (Å²) >= 11 is 1.62. The maximum atomic E-state index is 5.83. The second kappa shape index (κ2) is 5.61. The smallest absolute Gasteiger partial charge is 0.0449 e. The predicted octanol–water partition coefficient (Wildman–Crippen LogP) is 3.94. The van der Waals surface area contributed by atoms with E-state index in [9.17, 15) is 0 Å². The van der Waals surface area contributed by atoms with Crippen molar-refractivity contribution in [2.45, 2.75) is 18.7 Å². The van der Waals surface area contributed by atoms with Crippen LogP contribution < -0.4 is 5.73 Å². The predicted molar refractivity (Wildman–Crippen MR) is 73.4 cm³/mol. The van der Waals surface area contributed by atoms with Gasteiger partial charge in [0.1, 0.15) is 0 Å². The van der Waals surface area contributed by atoms with E-state index in [1.54, 1.807) is 23.9 Å². The molecule has 1 nitrogen and oxygen atoms in total. The standard InChI is InChI=1S/C14H17NS/c1-5-12(15)13(6-2)16-14-8-7-10(3)9-11(14)4/h5-9H,1-2,15H2,3-4H3/b13-12-. The number of thioether (sulfide) groups is 1. The van der Waals surface area contributed by atoms with Crippen LogP contribution in [0.3, 0.4) is 0 Å². The summed E-state index contributed by atoms with van der Waals surface area (Å²) in [5, 5.41) is 0. The van der Waals surface area contributed by atoms with Crippen LogP contribution in [0.4, 0.5) is 0 Å². The van der Waals surface area contributed by atoms with Gasteiger partial charge in [0.25, 0.3) is 0 Å². The van der Waals surface area contributed by atoms with E-state index in [2.05, 4.69) is 45.2 Å². The van der Waals surface area contributed by atoms with Gasteiger partial charge in [-0.05, 0) is 31.6 Å². The number of hydrogen-bond donors (Lipinski definition) is 1. The van der Waals surface area contributed by atoms with Gasteiger partial charge in [0.15, 0.2) is 0 Å². The summed E-state index contributed by atoms with van der Waals surface area (Å²) in [4.78, 5) is 2.15. The fraction of sp³-hybridized carbons (Fsp3) is 0.143. The van der Waals surface area contributed by atoms with Crippen LogP contribution in [0.2, 0.25) is 0 Å². The highest BCUT2D eigenvalue weighted by Gasteiger charge is 2.03. The Morgan fingerprint density at radius 2 is 1.94 bits per heavy atom. The van der Waals surface area contributed by atoms with Gasteiger partial charge in [-0.25, -0.2) is 0 Å². The van der Waals surface area contributed by atoms with Gasteiger partial charge in [0.2, 0.25) is 0 Å². The summed E-state index contributed by atoms with van der Waals surface area (Å²) in [5.41, 5.74) is 9.01. The molecule has 0 saturated carbocycles. The molecule has 0 saturated heterocycles. The van der Waals surface area contributed by atoms with Crippen molar-refractivity contribution in [1.29, 1.82) is 0 Å². The van der Waals surface area contributed by atoms with Crippen molar-refractivity contribution < 1.29 is 0 Å². The first-order valence-corrected chi connectivity index (χ1v) is 5.90. The van der Waals surface area contributed by atoms with E-state index >= 15 is 0 Å². The molecule has 0 aliphatic carbocycles. The van der Waals surface area contributed by atoms with Crippen LogP contribution in [-0.4, -0.2) is 0 Å². The lowest BCUT2D eigenvalue weighted by Crippen LogP contribution is -1.95. The van der Waals surface area contributed by atoms with Crippen LogP contribution in [0.15, 0.2) is 59.0 Å². The van der Waals surface area contributed by atoms with E-state index in [1.807, 2.05) is 0 Å². The van der Waals surface area contributed by atoms with Crippen LogP contribution in [0.25, 0.3) is 0 Å². The van der Waals surface area contributed by atoms with Crippen LogP contribution in [0.1, 0.15) is 11.1 Å². The fourth-order valence-corrected chi connectivity index (χ4v) is 2.23. The number of hydrogen-bond acceptors (Lipinski definition) is 2. The van der Waals surface area contributed by atoms with Gasteiger partial charge in [-0.2, -0.15) is 0 Å². The average Bonchev–Trinajstić information content (AvgIpc) is 2.27. The third kappa shape index (κ3) is 3.04. The highest BCUT2D eigenvalue weighted by molar-refractivity contribution is 8.03. The van der Waals surface area contributed by atoms with E-state index in [4.69, 9.17) is 5.73 Å². The minimum absolute atomic E-state index is 0.667. The molecule has 2 heteroatoms. The molecule has 0 radical (unpaired) electrons. The van der Waals surface area contributed by atoms with Crippen molar-refractivity contribution >= 4 is 11.8 Å². The first-order chi connectivity index (χ1) is 7.58. The van der Waals surface area contributed by atoms with E-state index < -0.39 is 0 Å². The molecule has 0 spiro atoms. The minimum atomic E-state index is 0.667. The molecule has 1 aromatic carbocycles. The molecule has 0 aliphatic heterocycles. The highest BCUT2D eigenvalue weighted by atomic mass is 32.2. The summed E-state index contributed by atoms with van der Waals surface area (Å²) in [6.07, 6.45) is 3.41. The molecule has 1 aromatic rings. The van der Waals surface area contributed by atoms with Crippen LogP contribution in [-0.2, 0) is 0 Å². The van der Waals surface area contributed by atoms with E-state index in [0.717, 1.165) is 4.91 Å². The van der Waals surface area contributed by atoms with E-state index in [1.165, 1.54) is 16.0 Å². The van der Waals surface area contributed by atoms with Gasteiger partial charge in [-0.15, -0.1) is 0 Å². The zero-order valence-electron chi connectivity index (χ0n) is 9.79. The Balaban J connectivity index is 3.04.